The highest BCUT2D eigenvalue weighted by Gasteiger charge is 2.33. The molecule has 1 aliphatic carbocycles. The lowest BCUT2D eigenvalue weighted by atomic mass is 10.2. The third kappa shape index (κ3) is 1.72. The first kappa shape index (κ1) is 10.7. The van der Waals surface area contributed by atoms with Crippen LogP contribution in [0.15, 0.2) is 18.5 Å². The second-order valence-electron chi connectivity index (χ2n) is 5.16. The number of pyridine rings is 1. The fourth-order valence-corrected chi connectivity index (χ4v) is 2.41. The van der Waals surface area contributed by atoms with Crippen molar-refractivity contribution in [2.75, 3.05) is 0 Å². The van der Waals surface area contributed by atoms with E-state index in [9.17, 15) is 0 Å². The van der Waals surface area contributed by atoms with Gasteiger partial charge in [-0.3, -0.25) is 4.98 Å². The number of aromatic nitrogens is 3. The molecule has 2 aromatic rings. The quantitative estimate of drug-likeness (QED) is 0.881. The van der Waals surface area contributed by atoms with Crippen molar-refractivity contribution in [1.82, 2.24) is 14.5 Å². The minimum atomic E-state index is 0.0739. The van der Waals surface area contributed by atoms with Gasteiger partial charge in [-0.15, -0.1) is 0 Å². The molecule has 0 aliphatic heterocycles. The molecule has 0 radical (unpaired) electrons. The lowest BCUT2D eigenvalue weighted by Gasteiger charge is -2.17. The Morgan fingerprint density at radius 1 is 1.41 bits per heavy atom. The highest BCUT2D eigenvalue weighted by atomic mass is 15.1. The molecule has 17 heavy (non-hydrogen) atoms. The maximum absolute atomic E-state index is 6.30. The molecule has 3 rings (SSSR count). The molecule has 4 nitrogen and oxygen atoms in total. The topological polar surface area (TPSA) is 56.7 Å². The van der Waals surface area contributed by atoms with Gasteiger partial charge in [-0.25, -0.2) is 4.98 Å². The number of hydrogen-bond acceptors (Lipinski definition) is 3. The minimum absolute atomic E-state index is 0.0739. The molecule has 0 amide bonds. The molecule has 90 valence electrons. The van der Waals surface area contributed by atoms with E-state index in [0.29, 0.717) is 12.0 Å². The van der Waals surface area contributed by atoms with Gasteiger partial charge in [0.15, 0.2) is 0 Å². The van der Waals surface area contributed by atoms with Gasteiger partial charge in [0.1, 0.15) is 11.3 Å². The Morgan fingerprint density at radius 3 is 2.82 bits per heavy atom. The Kier molecular flexibility index (Phi) is 2.40. The number of hydrogen-bond donors (Lipinski definition) is 1. The molecule has 1 atom stereocenters. The largest absolute Gasteiger partial charge is 0.324 e. The van der Waals surface area contributed by atoms with Crippen LogP contribution in [0.1, 0.15) is 44.6 Å². The van der Waals surface area contributed by atoms with Gasteiger partial charge >= 0.3 is 0 Å². The summed E-state index contributed by atoms with van der Waals surface area (Å²) in [6, 6.07) is 2.47. The maximum atomic E-state index is 6.30. The van der Waals surface area contributed by atoms with Crippen LogP contribution in [0.3, 0.4) is 0 Å². The predicted octanol–water partition coefficient (Wildman–Crippen LogP) is 2.42. The van der Waals surface area contributed by atoms with E-state index in [1.54, 1.807) is 0 Å². The van der Waals surface area contributed by atoms with Crippen molar-refractivity contribution < 1.29 is 0 Å². The van der Waals surface area contributed by atoms with Crippen molar-refractivity contribution in [1.29, 1.82) is 0 Å². The summed E-state index contributed by atoms with van der Waals surface area (Å²) in [6.45, 7) is 4.34. The zero-order valence-electron chi connectivity index (χ0n) is 10.3. The Labute approximate surface area is 101 Å². The highest BCUT2D eigenvalue weighted by molar-refractivity contribution is 5.75. The molecule has 0 saturated heterocycles. The van der Waals surface area contributed by atoms with E-state index < -0.39 is 0 Å². The van der Waals surface area contributed by atoms with Crippen LogP contribution in [0, 0.1) is 5.92 Å². The molecule has 4 heteroatoms. The van der Waals surface area contributed by atoms with Crippen LogP contribution in [-0.4, -0.2) is 14.5 Å². The smallest absolute Gasteiger partial charge is 0.127 e. The predicted molar refractivity (Wildman–Crippen MR) is 67.6 cm³/mol. The van der Waals surface area contributed by atoms with E-state index in [-0.39, 0.29) is 6.04 Å². The first-order chi connectivity index (χ1) is 8.18. The standard InChI is InChI=1S/C13H18N4/c1-8(2)17-11-5-6-15-7-10(11)16-13(17)12(14)9-3-4-9/h5-9,12H,3-4,14H2,1-2H3. The number of nitrogens with zero attached hydrogens (tertiary/aromatic N) is 3. The maximum Gasteiger partial charge on any atom is 0.127 e. The third-order valence-electron chi connectivity index (χ3n) is 3.46. The SMILES string of the molecule is CC(C)n1c(C(N)C2CC2)nc2cnccc21. The molecule has 1 unspecified atom stereocenters. The van der Waals surface area contributed by atoms with E-state index >= 15 is 0 Å². The molecule has 2 heterocycles. The molecule has 2 aromatic heterocycles. The second kappa shape index (κ2) is 3.81. The van der Waals surface area contributed by atoms with Gasteiger partial charge in [-0.05, 0) is 38.7 Å². The summed E-state index contributed by atoms with van der Waals surface area (Å²) in [4.78, 5) is 8.80. The summed E-state index contributed by atoms with van der Waals surface area (Å²) in [5.41, 5.74) is 8.39. The number of imidazole rings is 1. The summed E-state index contributed by atoms with van der Waals surface area (Å²) in [5.74, 6) is 1.64. The summed E-state index contributed by atoms with van der Waals surface area (Å²) in [6.07, 6.45) is 6.11. The lowest BCUT2D eigenvalue weighted by molar-refractivity contribution is 0.512. The molecule has 0 bridgehead atoms. The summed E-state index contributed by atoms with van der Waals surface area (Å²) < 4.78 is 2.25. The number of nitrogens with two attached hydrogens (primary N) is 1. The first-order valence-corrected chi connectivity index (χ1v) is 6.26. The zero-order chi connectivity index (χ0) is 12.0. The second-order valence-corrected chi connectivity index (χ2v) is 5.16. The van der Waals surface area contributed by atoms with Crippen LogP contribution in [0.4, 0.5) is 0 Å². The normalized spacial score (nSPS) is 17.9. The molecule has 2 N–H and O–H groups in total. The van der Waals surface area contributed by atoms with E-state index in [0.717, 1.165) is 16.9 Å². The molecular formula is C13H18N4. The van der Waals surface area contributed by atoms with E-state index in [4.69, 9.17) is 5.73 Å². The summed E-state index contributed by atoms with van der Waals surface area (Å²) in [5, 5.41) is 0. The van der Waals surface area contributed by atoms with Crippen LogP contribution in [-0.2, 0) is 0 Å². The first-order valence-electron chi connectivity index (χ1n) is 6.26. The van der Waals surface area contributed by atoms with Crippen molar-refractivity contribution in [3.05, 3.63) is 24.3 Å². The minimum Gasteiger partial charge on any atom is -0.324 e. The zero-order valence-corrected chi connectivity index (χ0v) is 10.3. The lowest BCUT2D eigenvalue weighted by Crippen LogP contribution is -2.19. The molecule has 0 aromatic carbocycles. The summed E-state index contributed by atoms with van der Waals surface area (Å²) >= 11 is 0. The number of fused-ring (bicyclic) bond motifs is 1. The molecule has 0 spiro atoms. The van der Waals surface area contributed by atoms with Gasteiger partial charge < -0.3 is 10.3 Å². The van der Waals surface area contributed by atoms with Gasteiger partial charge in [-0.2, -0.15) is 0 Å². The van der Waals surface area contributed by atoms with Gasteiger partial charge in [0.2, 0.25) is 0 Å². The third-order valence-corrected chi connectivity index (χ3v) is 3.46. The van der Waals surface area contributed by atoms with Crippen LogP contribution >= 0.6 is 0 Å². The highest BCUT2D eigenvalue weighted by Crippen LogP contribution is 2.40. The average molecular weight is 230 g/mol. The van der Waals surface area contributed by atoms with Crippen molar-refractivity contribution >= 4 is 11.0 Å². The monoisotopic (exact) mass is 230 g/mol. The Bertz CT molecular complexity index is 539. The van der Waals surface area contributed by atoms with Crippen molar-refractivity contribution in [2.24, 2.45) is 11.7 Å². The molecule has 1 aliphatic rings. The fraction of sp³-hybridized carbons (Fsp3) is 0.538. The van der Waals surface area contributed by atoms with Crippen LogP contribution < -0.4 is 5.73 Å². The fourth-order valence-electron chi connectivity index (χ4n) is 2.41. The molecule has 1 fully saturated rings. The van der Waals surface area contributed by atoms with E-state index in [2.05, 4.69) is 28.4 Å². The van der Waals surface area contributed by atoms with Gasteiger partial charge in [0, 0.05) is 12.2 Å². The van der Waals surface area contributed by atoms with E-state index in [1.807, 2.05) is 18.5 Å². The molecular weight excluding hydrogens is 212 g/mol. The summed E-state index contributed by atoms with van der Waals surface area (Å²) in [7, 11) is 0. The van der Waals surface area contributed by atoms with Gasteiger partial charge in [0.25, 0.3) is 0 Å². The number of rotatable bonds is 3. The van der Waals surface area contributed by atoms with Gasteiger partial charge in [-0.1, -0.05) is 0 Å². The van der Waals surface area contributed by atoms with Crippen molar-refractivity contribution in [2.45, 2.75) is 38.8 Å². The van der Waals surface area contributed by atoms with Crippen LogP contribution in [0.2, 0.25) is 0 Å². The van der Waals surface area contributed by atoms with E-state index in [1.165, 1.54) is 12.8 Å². The van der Waals surface area contributed by atoms with Crippen LogP contribution in [0.5, 0.6) is 0 Å². The van der Waals surface area contributed by atoms with Gasteiger partial charge in [0.05, 0.1) is 17.8 Å². The average Bonchev–Trinajstić information content (AvgIpc) is 3.07. The Hall–Kier alpha value is -1.42. The van der Waals surface area contributed by atoms with Crippen molar-refractivity contribution in [3.8, 4) is 0 Å². The molecule has 1 saturated carbocycles. The van der Waals surface area contributed by atoms with Crippen LogP contribution in [0.25, 0.3) is 11.0 Å². The van der Waals surface area contributed by atoms with Crippen molar-refractivity contribution in [3.63, 3.8) is 0 Å². The Morgan fingerprint density at radius 2 is 2.18 bits per heavy atom. The Balaban J connectivity index is 2.18.